The topological polar surface area (TPSA) is 143 Å². The second-order valence-corrected chi connectivity index (χ2v) is 5.59. The normalized spacial score (nSPS) is 29.2. The largest absolute Gasteiger partial charge is 0.469 e. The van der Waals surface area contributed by atoms with Crippen LogP contribution in [-0.2, 0) is 14.3 Å². The summed E-state index contributed by atoms with van der Waals surface area (Å²) in [6, 6.07) is 7.25. The number of carbonyl (C=O) groups is 2. The molecule has 0 radical (unpaired) electrons. The number of esters is 1. The van der Waals surface area contributed by atoms with Crippen LogP contribution in [0.4, 0.5) is 5.69 Å². The molecular weight excluding hydrogens is 318 g/mol. The van der Waals surface area contributed by atoms with Gasteiger partial charge in [-0.2, -0.15) is 5.26 Å². The van der Waals surface area contributed by atoms with Crippen molar-refractivity contribution in [1.82, 2.24) is 5.32 Å². The van der Waals surface area contributed by atoms with E-state index < -0.39 is 40.3 Å². The molecule has 1 unspecified atom stereocenters. The molecule has 0 aliphatic carbocycles. The Morgan fingerprint density at radius 2 is 2.12 bits per heavy atom. The highest BCUT2D eigenvalue weighted by atomic mass is 16.6. The first-order valence-electron chi connectivity index (χ1n) is 6.99. The quantitative estimate of drug-likeness (QED) is 0.464. The number of nitrogens with one attached hydrogen (secondary N) is 1. The van der Waals surface area contributed by atoms with E-state index in [-0.39, 0.29) is 11.3 Å². The van der Waals surface area contributed by atoms with Crippen molar-refractivity contribution in [3.8, 4) is 6.07 Å². The number of piperidine rings is 1. The number of ether oxygens (including phenoxy) is 1. The van der Waals surface area contributed by atoms with Crippen LogP contribution < -0.4 is 5.32 Å². The maximum Gasteiger partial charge on any atom is 0.314 e. The minimum Gasteiger partial charge on any atom is -0.469 e. The number of amides is 1. The number of aliphatic hydroxyl groups is 1. The summed E-state index contributed by atoms with van der Waals surface area (Å²) in [5, 5.41) is 33.3. The molecule has 2 N–H and O–H groups in total. The molecule has 1 aliphatic rings. The Morgan fingerprint density at radius 3 is 2.67 bits per heavy atom. The number of nitriles is 1. The molecule has 4 atom stereocenters. The monoisotopic (exact) mass is 333 g/mol. The van der Waals surface area contributed by atoms with Gasteiger partial charge in [-0.25, -0.2) is 0 Å². The lowest BCUT2D eigenvalue weighted by Gasteiger charge is -2.42. The van der Waals surface area contributed by atoms with Crippen LogP contribution in [0.1, 0.15) is 18.4 Å². The van der Waals surface area contributed by atoms with Crippen molar-refractivity contribution in [2.24, 2.45) is 11.8 Å². The van der Waals surface area contributed by atoms with E-state index in [4.69, 9.17) is 0 Å². The molecule has 0 bridgehead atoms. The second kappa shape index (κ2) is 6.25. The third kappa shape index (κ3) is 2.79. The maximum absolute atomic E-state index is 12.2. The lowest BCUT2D eigenvalue weighted by Crippen LogP contribution is -2.63. The minimum absolute atomic E-state index is 0.0135. The van der Waals surface area contributed by atoms with Crippen molar-refractivity contribution in [2.75, 3.05) is 7.11 Å². The van der Waals surface area contributed by atoms with E-state index in [0.29, 0.717) is 0 Å². The third-order valence-electron chi connectivity index (χ3n) is 4.07. The molecular formula is C15H15N3O6. The highest BCUT2D eigenvalue weighted by Crippen LogP contribution is 2.44. The SMILES string of the molecule is COC(=O)[C@@H]1[C@@H](c2ccccc2[N+](=O)[O-])[C@H](C#N)C(=O)NC1(C)O. The van der Waals surface area contributed by atoms with Gasteiger partial charge in [0.15, 0.2) is 0 Å². The van der Waals surface area contributed by atoms with Crippen molar-refractivity contribution in [2.45, 2.75) is 18.6 Å². The van der Waals surface area contributed by atoms with Gasteiger partial charge in [0.1, 0.15) is 17.6 Å². The molecule has 24 heavy (non-hydrogen) atoms. The molecule has 0 spiro atoms. The number of nitro groups is 1. The summed E-state index contributed by atoms with van der Waals surface area (Å²) in [5.74, 6) is -5.71. The maximum atomic E-state index is 12.2. The molecule has 9 nitrogen and oxygen atoms in total. The molecule has 1 aromatic carbocycles. The van der Waals surface area contributed by atoms with E-state index in [9.17, 15) is 30.1 Å². The Labute approximate surface area is 137 Å². The molecule has 2 rings (SSSR count). The standard InChI is InChI=1S/C15H15N3O6/c1-15(21)12(14(20)24-2)11(9(7-16)13(19)17-15)8-5-3-4-6-10(8)18(22)23/h3-6,9,11-12,21H,1-2H3,(H,17,19)/t9-,11-,12-,15?/m0/s1. The van der Waals surface area contributed by atoms with Gasteiger partial charge in [0.05, 0.1) is 18.1 Å². The lowest BCUT2D eigenvalue weighted by molar-refractivity contribution is -0.385. The zero-order valence-electron chi connectivity index (χ0n) is 12.9. The number of nitrogens with zero attached hydrogens (tertiary/aromatic N) is 2. The van der Waals surface area contributed by atoms with Gasteiger partial charge in [0.25, 0.3) is 5.69 Å². The Kier molecular flexibility index (Phi) is 4.52. The van der Waals surface area contributed by atoms with Gasteiger partial charge >= 0.3 is 5.97 Å². The lowest BCUT2D eigenvalue weighted by atomic mass is 9.69. The first-order valence-corrected chi connectivity index (χ1v) is 6.99. The van der Waals surface area contributed by atoms with E-state index in [1.807, 2.05) is 0 Å². The van der Waals surface area contributed by atoms with Crippen molar-refractivity contribution in [3.63, 3.8) is 0 Å². The second-order valence-electron chi connectivity index (χ2n) is 5.59. The number of nitro benzene ring substituents is 1. The van der Waals surface area contributed by atoms with E-state index in [1.54, 1.807) is 6.07 Å². The van der Waals surface area contributed by atoms with Gasteiger partial charge in [-0.3, -0.25) is 19.7 Å². The molecule has 1 heterocycles. The number of benzene rings is 1. The van der Waals surface area contributed by atoms with E-state index in [1.165, 1.54) is 31.2 Å². The number of hydrogen-bond donors (Lipinski definition) is 2. The molecule has 0 saturated carbocycles. The first-order chi connectivity index (χ1) is 11.2. The van der Waals surface area contributed by atoms with Gasteiger partial charge in [-0.05, 0) is 6.92 Å². The predicted molar refractivity (Wildman–Crippen MR) is 79.2 cm³/mol. The molecule has 1 saturated heterocycles. The summed E-state index contributed by atoms with van der Waals surface area (Å²) >= 11 is 0. The fourth-order valence-corrected chi connectivity index (χ4v) is 3.05. The Hall–Kier alpha value is -2.99. The molecule has 1 aromatic rings. The molecule has 1 fully saturated rings. The Bertz CT molecular complexity index is 739. The molecule has 1 amide bonds. The van der Waals surface area contributed by atoms with Crippen molar-refractivity contribution in [3.05, 3.63) is 39.9 Å². The van der Waals surface area contributed by atoms with Crippen LogP contribution in [0, 0.1) is 33.3 Å². The molecule has 126 valence electrons. The van der Waals surface area contributed by atoms with Crippen LogP contribution in [0.2, 0.25) is 0 Å². The van der Waals surface area contributed by atoms with Gasteiger partial charge in [-0.1, -0.05) is 18.2 Å². The van der Waals surface area contributed by atoms with Crippen molar-refractivity contribution >= 4 is 17.6 Å². The summed E-state index contributed by atoms with van der Waals surface area (Å²) in [5.41, 5.74) is -2.35. The number of carbonyl (C=O) groups excluding carboxylic acids is 2. The number of rotatable bonds is 3. The third-order valence-corrected chi connectivity index (χ3v) is 4.07. The van der Waals surface area contributed by atoms with Crippen LogP contribution in [0.3, 0.4) is 0 Å². The molecule has 9 heteroatoms. The average Bonchev–Trinajstić information content (AvgIpc) is 2.52. The zero-order valence-corrected chi connectivity index (χ0v) is 12.9. The van der Waals surface area contributed by atoms with Crippen LogP contribution in [-0.4, -0.2) is 34.7 Å². The van der Waals surface area contributed by atoms with Gasteiger partial charge in [-0.15, -0.1) is 0 Å². The summed E-state index contributed by atoms with van der Waals surface area (Å²) in [6.07, 6.45) is 0. The van der Waals surface area contributed by atoms with Crippen molar-refractivity contribution < 1.29 is 24.4 Å². The van der Waals surface area contributed by atoms with E-state index in [2.05, 4.69) is 10.1 Å². The Balaban J connectivity index is 2.72. The zero-order chi connectivity index (χ0) is 18.1. The van der Waals surface area contributed by atoms with Crippen LogP contribution >= 0.6 is 0 Å². The molecule has 1 aliphatic heterocycles. The highest BCUT2D eigenvalue weighted by Gasteiger charge is 2.56. The van der Waals surface area contributed by atoms with Gasteiger partial charge in [0.2, 0.25) is 5.91 Å². The van der Waals surface area contributed by atoms with E-state index in [0.717, 1.165) is 7.11 Å². The minimum atomic E-state index is -2.02. The summed E-state index contributed by atoms with van der Waals surface area (Å²) in [4.78, 5) is 35.0. The Morgan fingerprint density at radius 1 is 1.50 bits per heavy atom. The van der Waals surface area contributed by atoms with Gasteiger partial charge in [0, 0.05) is 17.5 Å². The summed E-state index contributed by atoms with van der Waals surface area (Å²) in [7, 11) is 1.09. The predicted octanol–water partition coefficient (Wildman–Crippen LogP) is 0.446. The van der Waals surface area contributed by atoms with Crippen LogP contribution in [0.15, 0.2) is 24.3 Å². The van der Waals surface area contributed by atoms with Crippen LogP contribution in [0.5, 0.6) is 0 Å². The van der Waals surface area contributed by atoms with Crippen molar-refractivity contribution in [1.29, 1.82) is 5.26 Å². The fraction of sp³-hybridized carbons (Fsp3) is 0.400. The van der Waals surface area contributed by atoms with Crippen LogP contribution in [0.25, 0.3) is 0 Å². The summed E-state index contributed by atoms with van der Waals surface area (Å²) in [6.45, 7) is 1.18. The van der Waals surface area contributed by atoms with E-state index >= 15 is 0 Å². The molecule has 0 aromatic heterocycles. The van der Waals surface area contributed by atoms with Gasteiger partial charge < -0.3 is 15.2 Å². The number of hydrogen-bond acceptors (Lipinski definition) is 7. The summed E-state index contributed by atoms with van der Waals surface area (Å²) < 4.78 is 4.68. The smallest absolute Gasteiger partial charge is 0.314 e. The fourth-order valence-electron chi connectivity index (χ4n) is 3.05. The average molecular weight is 333 g/mol. The highest BCUT2D eigenvalue weighted by molar-refractivity contribution is 5.88. The number of methoxy groups -OCH3 is 1. The number of para-hydroxylation sites is 1. The first kappa shape index (κ1) is 17.4.